The van der Waals surface area contributed by atoms with Crippen LogP contribution in [0.3, 0.4) is 0 Å². The van der Waals surface area contributed by atoms with Crippen LogP contribution in [-0.2, 0) is 23.9 Å². The third kappa shape index (κ3) is 5.26. The van der Waals surface area contributed by atoms with E-state index in [-0.39, 0.29) is 18.3 Å². The Balaban J connectivity index is 2.11. The number of ketones is 1. The lowest BCUT2D eigenvalue weighted by Gasteiger charge is -2.38. The van der Waals surface area contributed by atoms with Crippen LogP contribution in [0.25, 0.3) is 0 Å². The van der Waals surface area contributed by atoms with E-state index in [1.807, 2.05) is 13.8 Å². The van der Waals surface area contributed by atoms with Crippen molar-refractivity contribution < 1.29 is 23.9 Å². The molecule has 6 nitrogen and oxygen atoms in total. The van der Waals surface area contributed by atoms with E-state index < -0.39 is 23.8 Å². The van der Waals surface area contributed by atoms with Crippen molar-refractivity contribution in [2.24, 2.45) is 11.8 Å². The number of hydrogen-bond donors (Lipinski definition) is 1. The fraction of sp³-hybridized carbons (Fsp3) is 0.458. The highest BCUT2D eigenvalue weighted by molar-refractivity contribution is 7.99. The Morgan fingerprint density at radius 3 is 2.64 bits per heavy atom. The zero-order chi connectivity index (χ0) is 24.3. The Morgan fingerprint density at radius 2 is 2.00 bits per heavy atom. The molecule has 0 bridgehead atoms. The maximum Gasteiger partial charge on any atom is 0.336 e. The van der Waals surface area contributed by atoms with Crippen molar-refractivity contribution in [1.29, 1.82) is 0 Å². The third-order valence-electron chi connectivity index (χ3n) is 5.90. The smallest absolute Gasteiger partial charge is 0.336 e. The van der Waals surface area contributed by atoms with Gasteiger partial charge in [-0.25, -0.2) is 4.79 Å². The summed E-state index contributed by atoms with van der Waals surface area (Å²) in [4.78, 5) is 39.4. The topological polar surface area (TPSA) is 81.7 Å². The molecule has 1 aliphatic carbocycles. The van der Waals surface area contributed by atoms with Gasteiger partial charge in [0.25, 0.3) is 0 Å². The summed E-state index contributed by atoms with van der Waals surface area (Å²) >= 11 is 14.3. The molecule has 0 amide bonds. The van der Waals surface area contributed by atoms with Crippen LogP contribution < -0.4 is 5.32 Å². The van der Waals surface area contributed by atoms with Crippen molar-refractivity contribution in [2.75, 3.05) is 25.2 Å². The quantitative estimate of drug-likeness (QED) is 0.316. The highest BCUT2D eigenvalue weighted by atomic mass is 35.5. The van der Waals surface area contributed by atoms with Gasteiger partial charge in [-0.05, 0) is 42.7 Å². The Morgan fingerprint density at radius 1 is 1.27 bits per heavy atom. The molecule has 9 heteroatoms. The van der Waals surface area contributed by atoms with Gasteiger partial charge in [0.2, 0.25) is 0 Å². The van der Waals surface area contributed by atoms with Gasteiger partial charge in [-0.15, -0.1) is 0 Å². The zero-order valence-corrected chi connectivity index (χ0v) is 21.3. The molecule has 1 N–H and O–H groups in total. The van der Waals surface area contributed by atoms with E-state index in [0.29, 0.717) is 50.3 Å². The van der Waals surface area contributed by atoms with Crippen LogP contribution in [-0.4, -0.2) is 42.9 Å². The summed E-state index contributed by atoms with van der Waals surface area (Å²) in [5, 5.41) is 3.99. The number of nitrogens with one attached hydrogen (secondary N) is 1. The molecule has 3 rings (SSSR count). The van der Waals surface area contributed by atoms with Gasteiger partial charge in [0.1, 0.15) is 12.5 Å². The standard InChI is InChI=1S/C24H27Cl2NO5S/c1-5-33-9-8-32-24(30)19-13(3)27-17-10-12(2)18(23(29)31-4)22(28)21(17)20(19)15-7-6-14(25)11-16(15)26/h6-7,11-12,18,20,27H,5,8-10H2,1-4H3/t12-,18+,20+/m1/s1. The first-order chi connectivity index (χ1) is 15.7. The first-order valence-electron chi connectivity index (χ1n) is 10.7. The molecule has 1 aliphatic heterocycles. The van der Waals surface area contributed by atoms with E-state index in [1.54, 1.807) is 36.9 Å². The number of ether oxygens (including phenoxy) is 2. The average Bonchev–Trinajstić information content (AvgIpc) is 2.75. The molecule has 1 heterocycles. The summed E-state index contributed by atoms with van der Waals surface area (Å²) in [5.41, 5.74) is 2.46. The number of halogens is 2. The molecule has 2 aliphatic rings. The Hall–Kier alpha value is -1.96. The molecule has 33 heavy (non-hydrogen) atoms. The lowest BCUT2D eigenvalue weighted by atomic mass is 9.69. The van der Waals surface area contributed by atoms with E-state index in [9.17, 15) is 14.4 Å². The predicted molar refractivity (Wildman–Crippen MR) is 130 cm³/mol. The van der Waals surface area contributed by atoms with Gasteiger partial charge in [0, 0.05) is 38.7 Å². The van der Waals surface area contributed by atoms with Gasteiger partial charge in [0.05, 0.1) is 12.7 Å². The van der Waals surface area contributed by atoms with E-state index in [4.69, 9.17) is 32.7 Å². The number of hydrogen-bond acceptors (Lipinski definition) is 7. The lowest BCUT2D eigenvalue weighted by molar-refractivity contribution is -0.151. The first kappa shape index (κ1) is 25.7. The van der Waals surface area contributed by atoms with Crippen LogP contribution in [0.4, 0.5) is 0 Å². The molecule has 0 saturated carbocycles. The summed E-state index contributed by atoms with van der Waals surface area (Å²) in [6, 6.07) is 4.94. The number of carbonyl (C=O) groups is 3. The van der Waals surface area contributed by atoms with Gasteiger partial charge in [-0.3, -0.25) is 9.59 Å². The van der Waals surface area contributed by atoms with Crippen LogP contribution in [0.5, 0.6) is 0 Å². The SMILES string of the molecule is CCSCCOC(=O)C1=C(C)NC2=C(C(=O)[C@@H](C(=O)OC)[C@H](C)C2)[C@H]1c1ccc(Cl)cc1Cl. The number of allylic oxidation sites excluding steroid dienone is 3. The van der Waals surface area contributed by atoms with Gasteiger partial charge in [-0.2, -0.15) is 11.8 Å². The summed E-state index contributed by atoms with van der Waals surface area (Å²) < 4.78 is 10.5. The number of esters is 2. The largest absolute Gasteiger partial charge is 0.468 e. The molecule has 0 spiro atoms. The van der Waals surface area contributed by atoms with Crippen molar-refractivity contribution in [3.05, 3.63) is 56.3 Å². The number of methoxy groups -OCH3 is 1. The molecule has 178 valence electrons. The number of Topliss-reactive ketones (excluding diaryl/α,β-unsaturated/α-hetero) is 1. The van der Waals surface area contributed by atoms with E-state index in [2.05, 4.69) is 5.32 Å². The minimum Gasteiger partial charge on any atom is -0.468 e. The van der Waals surface area contributed by atoms with Crippen LogP contribution >= 0.6 is 35.0 Å². The zero-order valence-electron chi connectivity index (χ0n) is 19.0. The molecule has 0 radical (unpaired) electrons. The molecule has 0 fully saturated rings. The number of benzene rings is 1. The molecule has 3 atom stereocenters. The number of rotatable bonds is 7. The van der Waals surface area contributed by atoms with Crippen LogP contribution in [0.15, 0.2) is 40.7 Å². The second kappa shape index (κ2) is 11.0. The number of carbonyl (C=O) groups excluding carboxylic acids is 3. The van der Waals surface area contributed by atoms with E-state index in [0.717, 1.165) is 5.75 Å². The number of dihydropyridines is 1. The minimum absolute atomic E-state index is 0.247. The van der Waals surface area contributed by atoms with Crippen LogP contribution in [0.1, 0.15) is 38.7 Å². The second-order valence-corrected chi connectivity index (χ2v) is 10.3. The Labute approximate surface area is 208 Å². The van der Waals surface area contributed by atoms with Crippen molar-refractivity contribution in [2.45, 2.75) is 33.1 Å². The molecule has 0 aromatic heterocycles. The van der Waals surface area contributed by atoms with Crippen LogP contribution in [0.2, 0.25) is 10.0 Å². The van der Waals surface area contributed by atoms with Gasteiger partial charge < -0.3 is 14.8 Å². The summed E-state index contributed by atoms with van der Waals surface area (Å²) in [6.07, 6.45) is 0.454. The van der Waals surface area contributed by atoms with Gasteiger partial charge in [0.15, 0.2) is 5.78 Å². The van der Waals surface area contributed by atoms with Gasteiger partial charge in [-0.1, -0.05) is 43.1 Å². The van der Waals surface area contributed by atoms with E-state index >= 15 is 0 Å². The first-order valence-corrected chi connectivity index (χ1v) is 12.6. The van der Waals surface area contributed by atoms with Crippen molar-refractivity contribution >= 4 is 52.7 Å². The molecule has 0 saturated heterocycles. The Bertz CT molecular complexity index is 1040. The minimum atomic E-state index is -0.958. The van der Waals surface area contributed by atoms with Crippen molar-refractivity contribution in [1.82, 2.24) is 5.32 Å². The van der Waals surface area contributed by atoms with Crippen molar-refractivity contribution in [3.63, 3.8) is 0 Å². The summed E-state index contributed by atoms with van der Waals surface area (Å²) in [6.45, 7) is 5.89. The van der Waals surface area contributed by atoms with E-state index in [1.165, 1.54) is 7.11 Å². The maximum absolute atomic E-state index is 13.7. The summed E-state index contributed by atoms with van der Waals surface area (Å²) in [5.74, 6) is -1.91. The summed E-state index contributed by atoms with van der Waals surface area (Å²) in [7, 11) is 1.26. The van der Waals surface area contributed by atoms with Gasteiger partial charge >= 0.3 is 11.9 Å². The number of thioether (sulfide) groups is 1. The average molecular weight is 512 g/mol. The Kier molecular flexibility index (Phi) is 8.54. The highest BCUT2D eigenvalue weighted by Crippen LogP contribution is 2.47. The molecular weight excluding hydrogens is 485 g/mol. The fourth-order valence-corrected chi connectivity index (χ4v) is 5.42. The fourth-order valence-electron chi connectivity index (χ4n) is 4.41. The molecular formula is C24H27Cl2NO5S. The lowest BCUT2D eigenvalue weighted by Crippen LogP contribution is -2.43. The van der Waals surface area contributed by atoms with Crippen molar-refractivity contribution in [3.8, 4) is 0 Å². The second-order valence-electron chi connectivity index (χ2n) is 8.03. The normalized spacial score (nSPS) is 22.6. The third-order valence-corrected chi connectivity index (χ3v) is 7.33. The van der Waals surface area contributed by atoms with Crippen LogP contribution in [0, 0.1) is 11.8 Å². The highest BCUT2D eigenvalue weighted by Gasteiger charge is 2.47. The molecule has 1 aromatic carbocycles. The maximum atomic E-state index is 13.7. The monoisotopic (exact) mass is 511 g/mol. The molecule has 1 aromatic rings. The molecule has 0 unspecified atom stereocenters. The predicted octanol–water partition coefficient (Wildman–Crippen LogP) is 4.90.